The molecule has 1 aliphatic rings. The molecule has 4 rings (SSSR count). The number of nitrogens with zero attached hydrogens (tertiary/aromatic N) is 2. The summed E-state index contributed by atoms with van der Waals surface area (Å²) in [5.74, 6) is 0.520. The van der Waals surface area contributed by atoms with Crippen molar-refractivity contribution in [2.45, 2.75) is 18.8 Å². The molecule has 0 radical (unpaired) electrons. The Kier molecular flexibility index (Phi) is 3.41. The van der Waals surface area contributed by atoms with Crippen LogP contribution in [-0.4, -0.2) is 28.2 Å². The van der Waals surface area contributed by atoms with Gasteiger partial charge in [0, 0.05) is 35.1 Å². The first-order valence-corrected chi connectivity index (χ1v) is 8.23. The maximum atomic E-state index is 6.20. The molecule has 0 spiro atoms. The average Bonchev–Trinajstić information content (AvgIpc) is 3.16. The van der Waals surface area contributed by atoms with Gasteiger partial charge in [-0.2, -0.15) is 0 Å². The molecule has 3 aromatic rings. The number of H-pyrrole nitrogens is 1. The van der Waals surface area contributed by atoms with E-state index in [0.29, 0.717) is 10.9 Å². The number of nitrogens with one attached hydrogen (secondary N) is 1. The Hall–Kier alpha value is -1.43. The Morgan fingerprint density at radius 3 is 3.00 bits per heavy atom. The van der Waals surface area contributed by atoms with Gasteiger partial charge in [0.15, 0.2) is 0 Å². The van der Waals surface area contributed by atoms with Gasteiger partial charge in [-0.05, 0) is 25.0 Å². The van der Waals surface area contributed by atoms with Crippen LogP contribution in [-0.2, 0) is 4.74 Å². The van der Waals surface area contributed by atoms with Crippen molar-refractivity contribution in [3.05, 3.63) is 33.9 Å². The zero-order valence-corrected chi connectivity index (χ0v) is 12.9. The van der Waals surface area contributed by atoms with Crippen LogP contribution in [0.3, 0.4) is 0 Å². The number of aromatic amines is 1. The normalized spacial score (nSPS) is 16.6. The number of imidazole rings is 1. The molecule has 1 aromatic carbocycles. The number of aromatic nitrogens is 3. The SMILES string of the molecule is Clc1cc(-c2csc(C3CCOCC3)n2)c2nc[nH]c2c1. The van der Waals surface area contributed by atoms with Crippen molar-refractivity contribution in [3.8, 4) is 11.3 Å². The van der Waals surface area contributed by atoms with E-state index in [-0.39, 0.29) is 0 Å². The van der Waals surface area contributed by atoms with Crippen molar-refractivity contribution < 1.29 is 4.74 Å². The van der Waals surface area contributed by atoms with E-state index in [1.807, 2.05) is 12.1 Å². The molecule has 0 aliphatic carbocycles. The highest BCUT2D eigenvalue weighted by Crippen LogP contribution is 2.35. The number of rotatable bonds is 2. The van der Waals surface area contributed by atoms with Gasteiger partial charge in [0.1, 0.15) is 0 Å². The van der Waals surface area contributed by atoms with E-state index in [4.69, 9.17) is 21.3 Å². The molecule has 0 amide bonds. The highest BCUT2D eigenvalue weighted by atomic mass is 35.5. The monoisotopic (exact) mass is 319 g/mol. The topological polar surface area (TPSA) is 50.8 Å². The van der Waals surface area contributed by atoms with E-state index in [0.717, 1.165) is 48.3 Å². The third-order valence-corrected chi connectivity index (χ3v) is 5.08. The molecule has 0 unspecified atom stereocenters. The molecule has 3 heterocycles. The third kappa shape index (κ3) is 2.46. The van der Waals surface area contributed by atoms with Gasteiger partial charge in [0.05, 0.1) is 28.1 Å². The number of hydrogen-bond donors (Lipinski definition) is 1. The highest BCUT2D eigenvalue weighted by molar-refractivity contribution is 7.10. The second-order valence-corrected chi connectivity index (χ2v) is 6.54. The molecule has 21 heavy (non-hydrogen) atoms. The molecule has 4 nitrogen and oxygen atoms in total. The first-order chi connectivity index (χ1) is 10.3. The molecule has 6 heteroatoms. The lowest BCUT2D eigenvalue weighted by molar-refractivity contribution is 0.0853. The molecule has 1 N–H and O–H groups in total. The van der Waals surface area contributed by atoms with Crippen molar-refractivity contribution in [2.24, 2.45) is 0 Å². The van der Waals surface area contributed by atoms with E-state index in [9.17, 15) is 0 Å². The van der Waals surface area contributed by atoms with Crippen LogP contribution in [0.2, 0.25) is 5.02 Å². The van der Waals surface area contributed by atoms with Crippen LogP contribution < -0.4 is 0 Å². The van der Waals surface area contributed by atoms with Crippen LogP contribution in [0, 0.1) is 0 Å². The van der Waals surface area contributed by atoms with Crippen LogP contribution in [0.4, 0.5) is 0 Å². The molecule has 1 aliphatic heterocycles. The lowest BCUT2D eigenvalue weighted by atomic mass is 10.0. The van der Waals surface area contributed by atoms with Crippen molar-refractivity contribution in [1.82, 2.24) is 15.0 Å². The van der Waals surface area contributed by atoms with Gasteiger partial charge in [0.2, 0.25) is 0 Å². The van der Waals surface area contributed by atoms with Crippen LogP contribution in [0.1, 0.15) is 23.8 Å². The number of halogens is 1. The number of thiazole rings is 1. The summed E-state index contributed by atoms with van der Waals surface area (Å²) in [5, 5.41) is 3.99. The smallest absolute Gasteiger partial charge is 0.0977 e. The quantitative estimate of drug-likeness (QED) is 0.769. The minimum atomic E-state index is 0.520. The Morgan fingerprint density at radius 2 is 2.14 bits per heavy atom. The van der Waals surface area contributed by atoms with Gasteiger partial charge in [-0.15, -0.1) is 11.3 Å². The Bertz CT molecular complexity index is 776. The molecule has 1 fully saturated rings. The lowest BCUT2D eigenvalue weighted by Gasteiger charge is -2.19. The van der Waals surface area contributed by atoms with Crippen molar-refractivity contribution >= 4 is 34.0 Å². The summed E-state index contributed by atoms with van der Waals surface area (Å²) in [5.41, 5.74) is 3.82. The van der Waals surface area contributed by atoms with E-state index in [1.54, 1.807) is 17.7 Å². The molecule has 0 saturated carbocycles. The summed E-state index contributed by atoms with van der Waals surface area (Å²) in [7, 11) is 0. The molecule has 0 bridgehead atoms. The van der Waals surface area contributed by atoms with E-state index in [2.05, 4.69) is 15.3 Å². The second kappa shape index (κ2) is 5.40. The molecule has 108 valence electrons. The summed E-state index contributed by atoms with van der Waals surface area (Å²) in [6.45, 7) is 1.67. The highest BCUT2D eigenvalue weighted by Gasteiger charge is 2.20. The average molecular weight is 320 g/mol. The zero-order chi connectivity index (χ0) is 14.2. The number of benzene rings is 1. The summed E-state index contributed by atoms with van der Waals surface area (Å²) in [6.07, 6.45) is 3.80. The van der Waals surface area contributed by atoms with Gasteiger partial charge < -0.3 is 9.72 Å². The largest absolute Gasteiger partial charge is 0.381 e. The van der Waals surface area contributed by atoms with Crippen LogP contribution in [0.25, 0.3) is 22.3 Å². The first kappa shape index (κ1) is 13.2. The Labute approximate surface area is 131 Å². The van der Waals surface area contributed by atoms with Gasteiger partial charge in [-0.25, -0.2) is 9.97 Å². The molecule has 2 aromatic heterocycles. The van der Waals surface area contributed by atoms with Gasteiger partial charge in [0.25, 0.3) is 0 Å². The van der Waals surface area contributed by atoms with E-state index in [1.165, 1.54) is 5.01 Å². The van der Waals surface area contributed by atoms with Crippen LogP contribution in [0.5, 0.6) is 0 Å². The second-order valence-electron chi connectivity index (χ2n) is 5.21. The van der Waals surface area contributed by atoms with Crippen LogP contribution >= 0.6 is 22.9 Å². The molecular formula is C15H14ClN3OS. The summed E-state index contributed by atoms with van der Waals surface area (Å²) >= 11 is 7.92. The van der Waals surface area contributed by atoms with Crippen molar-refractivity contribution in [1.29, 1.82) is 0 Å². The summed E-state index contributed by atoms with van der Waals surface area (Å²) in [6, 6.07) is 3.83. The summed E-state index contributed by atoms with van der Waals surface area (Å²) in [4.78, 5) is 12.3. The summed E-state index contributed by atoms with van der Waals surface area (Å²) < 4.78 is 5.42. The third-order valence-electron chi connectivity index (χ3n) is 3.86. The zero-order valence-electron chi connectivity index (χ0n) is 11.3. The molecule has 0 atom stereocenters. The lowest BCUT2D eigenvalue weighted by Crippen LogP contribution is -2.13. The maximum absolute atomic E-state index is 6.20. The number of fused-ring (bicyclic) bond motifs is 1. The van der Waals surface area contributed by atoms with Gasteiger partial charge in [-0.3, -0.25) is 0 Å². The standard InChI is InChI=1S/C15H14ClN3OS/c16-10-5-11(14-12(6-10)17-8-18-14)13-7-21-15(19-13)9-1-3-20-4-2-9/h5-9H,1-4H2,(H,17,18). The van der Waals surface area contributed by atoms with E-state index < -0.39 is 0 Å². The van der Waals surface area contributed by atoms with Gasteiger partial charge >= 0.3 is 0 Å². The molecular weight excluding hydrogens is 306 g/mol. The van der Waals surface area contributed by atoms with Crippen molar-refractivity contribution in [3.63, 3.8) is 0 Å². The Morgan fingerprint density at radius 1 is 1.29 bits per heavy atom. The van der Waals surface area contributed by atoms with Gasteiger partial charge in [-0.1, -0.05) is 11.6 Å². The van der Waals surface area contributed by atoms with E-state index >= 15 is 0 Å². The maximum Gasteiger partial charge on any atom is 0.0977 e. The fraction of sp³-hybridized carbons (Fsp3) is 0.333. The predicted molar refractivity (Wildman–Crippen MR) is 85.0 cm³/mol. The molecule has 1 saturated heterocycles. The minimum Gasteiger partial charge on any atom is -0.381 e. The van der Waals surface area contributed by atoms with Crippen LogP contribution in [0.15, 0.2) is 23.8 Å². The minimum absolute atomic E-state index is 0.520. The fourth-order valence-electron chi connectivity index (χ4n) is 2.75. The predicted octanol–water partition coefficient (Wildman–Crippen LogP) is 4.23. The number of hydrogen-bond acceptors (Lipinski definition) is 4. The van der Waals surface area contributed by atoms with Crippen molar-refractivity contribution in [2.75, 3.05) is 13.2 Å². The fourth-order valence-corrected chi connectivity index (χ4v) is 3.96. The number of ether oxygens (including phenoxy) is 1. The first-order valence-electron chi connectivity index (χ1n) is 6.97. The Balaban J connectivity index is 1.75.